The minimum atomic E-state index is -4.05. The van der Waals surface area contributed by atoms with Gasteiger partial charge < -0.3 is 0 Å². The maximum absolute atomic E-state index is 12.3. The number of nitrogens with one attached hydrogen (secondary N) is 1. The summed E-state index contributed by atoms with van der Waals surface area (Å²) in [6.45, 7) is 1.64. The fourth-order valence-electron chi connectivity index (χ4n) is 1.56. The molecule has 6 nitrogen and oxygen atoms in total. The zero-order valence-corrected chi connectivity index (χ0v) is 13.0. The first-order valence-electron chi connectivity index (χ1n) is 5.55. The van der Waals surface area contributed by atoms with Gasteiger partial charge in [0.1, 0.15) is 16.1 Å². The molecule has 1 heterocycles. The van der Waals surface area contributed by atoms with Crippen LogP contribution in [-0.4, -0.2) is 18.4 Å². The summed E-state index contributed by atoms with van der Waals surface area (Å²) in [5, 5.41) is 9.29. The standard InChI is InChI=1S/C12H8Cl2N4O2S/c1-7-4-11(14)17-12(16-7)18-21(19,20)10-5-9(13)3-2-8(10)6-15/h2-5H,1H3,(H,16,17,18). The van der Waals surface area contributed by atoms with Crippen molar-refractivity contribution in [3.05, 3.63) is 45.7 Å². The number of rotatable bonds is 3. The van der Waals surface area contributed by atoms with Crippen LogP contribution in [0.3, 0.4) is 0 Å². The largest absolute Gasteiger partial charge is 0.265 e. The Kier molecular flexibility index (Phi) is 4.32. The van der Waals surface area contributed by atoms with Crippen molar-refractivity contribution >= 4 is 39.2 Å². The summed E-state index contributed by atoms with van der Waals surface area (Å²) in [5.41, 5.74) is 0.463. The molecule has 1 N–H and O–H groups in total. The van der Waals surface area contributed by atoms with E-state index in [0.29, 0.717) is 5.69 Å². The van der Waals surface area contributed by atoms with Crippen LogP contribution in [0.25, 0.3) is 0 Å². The molecule has 21 heavy (non-hydrogen) atoms. The van der Waals surface area contributed by atoms with Crippen molar-refractivity contribution in [3.8, 4) is 6.07 Å². The van der Waals surface area contributed by atoms with Gasteiger partial charge in [-0.05, 0) is 31.2 Å². The lowest BCUT2D eigenvalue weighted by Gasteiger charge is -2.09. The van der Waals surface area contributed by atoms with Crippen LogP contribution in [0, 0.1) is 18.3 Å². The van der Waals surface area contributed by atoms with Crippen molar-refractivity contribution in [3.63, 3.8) is 0 Å². The van der Waals surface area contributed by atoms with Gasteiger partial charge in [-0.25, -0.2) is 23.1 Å². The van der Waals surface area contributed by atoms with Crippen molar-refractivity contribution in [2.24, 2.45) is 0 Å². The van der Waals surface area contributed by atoms with Gasteiger partial charge in [0.05, 0.1) is 5.56 Å². The Hall–Kier alpha value is -1.88. The van der Waals surface area contributed by atoms with E-state index in [-0.39, 0.29) is 26.6 Å². The third-order valence-corrected chi connectivity index (χ3v) is 4.20. The van der Waals surface area contributed by atoms with E-state index in [0.717, 1.165) is 0 Å². The molecule has 108 valence electrons. The van der Waals surface area contributed by atoms with Crippen LogP contribution in [0.4, 0.5) is 5.95 Å². The fourth-order valence-corrected chi connectivity index (χ4v) is 3.16. The van der Waals surface area contributed by atoms with E-state index in [1.807, 2.05) is 0 Å². The normalized spacial score (nSPS) is 11.0. The minimum Gasteiger partial charge on any atom is -0.247 e. The van der Waals surface area contributed by atoms with E-state index in [4.69, 9.17) is 28.5 Å². The second-order valence-electron chi connectivity index (χ2n) is 4.01. The van der Waals surface area contributed by atoms with Gasteiger partial charge in [-0.3, -0.25) is 0 Å². The van der Waals surface area contributed by atoms with Gasteiger partial charge in [-0.15, -0.1) is 0 Å². The highest BCUT2D eigenvalue weighted by Crippen LogP contribution is 2.22. The number of aromatic nitrogens is 2. The zero-order valence-electron chi connectivity index (χ0n) is 10.6. The molecule has 0 aliphatic rings. The Balaban J connectivity index is 2.48. The first-order valence-corrected chi connectivity index (χ1v) is 7.79. The number of benzene rings is 1. The molecule has 1 aromatic carbocycles. The van der Waals surface area contributed by atoms with Crippen LogP contribution >= 0.6 is 23.2 Å². The molecule has 9 heteroatoms. The lowest BCUT2D eigenvalue weighted by Crippen LogP contribution is -2.16. The molecule has 0 fully saturated rings. The first-order chi connectivity index (χ1) is 9.81. The van der Waals surface area contributed by atoms with E-state index >= 15 is 0 Å². The predicted octanol–water partition coefficient (Wildman–Crippen LogP) is 2.76. The number of halogens is 2. The molecule has 0 unspecified atom stereocenters. The fraction of sp³-hybridized carbons (Fsp3) is 0.0833. The molecule has 0 atom stereocenters. The van der Waals surface area contributed by atoms with E-state index in [1.165, 1.54) is 24.3 Å². The number of anilines is 1. The highest BCUT2D eigenvalue weighted by atomic mass is 35.5. The van der Waals surface area contributed by atoms with Crippen LogP contribution in [0.1, 0.15) is 11.3 Å². The Morgan fingerprint density at radius 2 is 1.95 bits per heavy atom. The van der Waals surface area contributed by atoms with Crippen LogP contribution in [0.2, 0.25) is 10.2 Å². The number of nitriles is 1. The summed E-state index contributed by atoms with van der Waals surface area (Å²) in [6, 6.07) is 7.21. The summed E-state index contributed by atoms with van der Waals surface area (Å²) in [4.78, 5) is 7.44. The second-order valence-corrected chi connectivity index (χ2v) is 6.49. The number of hydrogen-bond acceptors (Lipinski definition) is 5. The first kappa shape index (κ1) is 15.5. The smallest absolute Gasteiger partial charge is 0.247 e. The Morgan fingerprint density at radius 3 is 2.57 bits per heavy atom. The molecular formula is C12H8Cl2N4O2S. The molecule has 2 aromatic rings. The molecule has 0 aliphatic carbocycles. The van der Waals surface area contributed by atoms with Gasteiger partial charge in [0.25, 0.3) is 10.0 Å². The summed E-state index contributed by atoms with van der Waals surface area (Å²) in [7, 11) is -4.05. The van der Waals surface area contributed by atoms with Crippen LogP contribution in [-0.2, 0) is 10.0 Å². The third kappa shape index (κ3) is 3.61. The highest BCUT2D eigenvalue weighted by molar-refractivity contribution is 7.92. The molecule has 0 saturated heterocycles. The average molecular weight is 343 g/mol. The SMILES string of the molecule is Cc1cc(Cl)nc(NS(=O)(=O)c2cc(Cl)ccc2C#N)n1. The molecule has 0 aliphatic heterocycles. The van der Waals surface area contributed by atoms with Gasteiger partial charge >= 0.3 is 0 Å². The van der Waals surface area contributed by atoms with Gasteiger partial charge in [-0.1, -0.05) is 23.2 Å². The highest BCUT2D eigenvalue weighted by Gasteiger charge is 2.21. The third-order valence-electron chi connectivity index (χ3n) is 2.40. The number of sulfonamides is 1. The maximum Gasteiger partial charge on any atom is 0.265 e. The van der Waals surface area contributed by atoms with Gasteiger partial charge in [0.2, 0.25) is 5.95 Å². The van der Waals surface area contributed by atoms with Gasteiger partial charge in [0, 0.05) is 10.7 Å². The average Bonchev–Trinajstić information content (AvgIpc) is 2.36. The summed E-state index contributed by atoms with van der Waals surface area (Å²) in [6.07, 6.45) is 0. The van der Waals surface area contributed by atoms with E-state index in [2.05, 4.69) is 14.7 Å². The molecule has 0 bridgehead atoms. The van der Waals surface area contributed by atoms with Crippen LogP contribution in [0.5, 0.6) is 0 Å². The van der Waals surface area contributed by atoms with Crippen LogP contribution < -0.4 is 4.72 Å². The zero-order chi connectivity index (χ0) is 15.6. The lowest BCUT2D eigenvalue weighted by molar-refractivity contribution is 0.600. The Labute approximate surface area is 131 Å². The summed E-state index contributed by atoms with van der Waals surface area (Å²) < 4.78 is 26.8. The Bertz CT molecular complexity index is 827. The maximum atomic E-state index is 12.3. The van der Waals surface area contributed by atoms with E-state index < -0.39 is 10.0 Å². The molecule has 0 saturated carbocycles. The predicted molar refractivity (Wildman–Crippen MR) is 78.8 cm³/mol. The van der Waals surface area contributed by atoms with E-state index in [9.17, 15) is 8.42 Å². The summed E-state index contributed by atoms with van der Waals surface area (Å²) in [5.74, 6) is -0.177. The topological polar surface area (TPSA) is 95.7 Å². The van der Waals surface area contributed by atoms with E-state index in [1.54, 1.807) is 13.0 Å². The van der Waals surface area contributed by atoms with Crippen molar-refractivity contribution in [2.75, 3.05) is 4.72 Å². The lowest BCUT2D eigenvalue weighted by atomic mass is 10.2. The molecule has 0 spiro atoms. The molecular weight excluding hydrogens is 335 g/mol. The molecule has 0 radical (unpaired) electrons. The van der Waals surface area contributed by atoms with Crippen molar-refractivity contribution in [1.29, 1.82) is 5.26 Å². The number of aryl methyl sites for hydroxylation is 1. The number of hydrogen-bond donors (Lipinski definition) is 1. The van der Waals surface area contributed by atoms with Crippen molar-refractivity contribution in [1.82, 2.24) is 9.97 Å². The monoisotopic (exact) mass is 342 g/mol. The van der Waals surface area contributed by atoms with Crippen LogP contribution in [0.15, 0.2) is 29.2 Å². The second kappa shape index (κ2) is 5.85. The minimum absolute atomic E-state index is 0.0364. The van der Waals surface area contributed by atoms with Crippen molar-refractivity contribution in [2.45, 2.75) is 11.8 Å². The molecule has 0 amide bonds. The number of nitrogens with zero attached hydrogens (tertiary/aromatic N) is 3. The van der Waals surface area contributed by atoms with Gasteiger partial charge in [-0.2, -0.15) is 5.26 Å². The Morgan fingerprint density at radius 1 is 1.24 bits per heavy atom. The van der Waals surface area contributed by atoms with Crippen molar-refractivity contribution < 1.29 is 8.42 Å². The quantitative estimate of drug-likeness (QED) is 0.865. The molecule has 1 aromatic heterocycles. The van der Waals surface area contributed by atoms with Gasteiger partial charge in [0.15, 0.2) is 0 Å². The summed E-state index contributed by atoms with van der Waals surface area (Å²) >= 11 is 11.5. The molecule has 2 rings (SSSR count).